The van der Waals surface area contributed by atoms with Crippen LogP contribution in [0.15, 0.2) is 65.2 Å². The average Bonchev–Trinajstić information content (AvgIpc) is 3.47. The van der Waals surface area contributed by atoms with Crippen LogP contribution < -0.4 is 4.74 Å². The largest absolute Gasteiger partial charge is 0.453 e. The number of nitriles is 1. The van der Waals surface area contributed by atoms with E-state index in [4.69, 9.17) is 37.6 Å². The minimum Gasteiger partial charge on any atom is -0.453 e. The molecular weight excluding hydrogens is 466 g/mol. The van der Waals surface area contributed by atoms with Crippen LogP contribution in [-0.4, -0.2) is 15.2 Å². The molecule has 0 aliphatic rings. The van der Waals surface area contributed by atoms with Gasteiger partial charge in [-0.05, 0) is 48.5 Å². The van der Waals surface area contributed by atoms with Crippen LogP contribution in [0.5, 0.6) is 11.5 Å². The van der Waals surface area contributed by atoms with Crippen LogP contribution in [0.25, 0.3) is 22.4 Å². The fraction of sp³-hybridized carbons (Fsp3) is 0.0417. The Hall–Kier alpha value is -3.86. The van der Waals surface area contributed by atoms with Crippen molar-refractivity contribution in [1.29, 1.82) is 5.26 Å². The van der Waals surface area contributed by atoms with Gasteiger partial charge in [-0.2, -0.15) is 5.26 Å². The fourth-order valence-electron chi connectivity index (χ4n) is 3.40. The zero-order chi connectivity index (χ0) is 22.9. The average molecular weight is 479 g/mol. The maximum absolute atomic E-state index is 15.3. The molecule has 0 unspecified atom stereocenters. The summed E-state index contributed by atoms with van der Waals surface area (Å²) in [5, 5.41) is 18.6. The number of H-pyrrole nitrogens is 1. The SMILES string of the molecule is N#Cc1cc(Cl)cc(Oc2c(Cl)ccc(Cc3nnc(-c4ccc5[nH]ccc5c4)o3)c2F)c1. The highest BCUT2D eigenvalue weighted by atomic mass is 35.5. The predicted octanol–water partition coefficient (Wildman–Crippen LogP) is 6.92. The van der Waals surface area contributed by atoms with Gasteiger partial charge in [-0.1, -0.05) is 29.3 Å². The molecule has 162 valence electrons. The van der Waals surface area contributed by atoms with Crippen LogP contribution in [-0.2, 0) is 6.42 Å². The molecule has 0 fully saturated rings. The van der Waals surface area contributed by atoms with Crippen molar-refractivity contribution in [2.24, 2.45) is 0 Å². The maximum atomic E-state index is 15.3. The van der Waals surface area contributed by atoms with Crippen molar-refractivity contribution in [2.45, 2.75) is 6.42 Å². The van der Waals surface area contributed by atoms with Gasteiger partial charge in [0, 0.05) is 33.2 Å². The molecule has 0 saturated heterocycles. The van der Waals surface area contributed by atoms with Gasteiger partial charge in [0.05, 0.1) is 23.1 Å². The molecule has 3 aromatic carbocycles. The van der Waals surface area contributed by atoms with E-state index >= 15 is 4.39 Å². The zero-order valence-corrected chi connectivity index (χ0v) is 18.3. The summed E-state index contributed by atoms with van der Waals surface area (Å²) in [6.45, 7) is 0. The summed E-state index contributed by atoms with van der Waals surface area (Å²) in [6, 6.07) is 17.1. The highest BCUT2D eigenvalue weighted by Gasteiger charge is 2.18. The van der Waals surface area contributed by atoms with E-state index in [1.165, 1.54) is 30.3 Å². The standard InChI is InChI=1S/C24H13Cl2FN4O2/c25-17-7-13(12-28)8-18(11-17)32-23-19(26)3-1-15(22(23)27)10-21-30-31-24(33-21)16-2-4-20-14(9-16)5-6-29-20/h1-9,11,29H,10H2. The number of hydrogen-bond donors (Lipinski definition) is 1. The predicted molar refractivity (Wildman–Crippen MR) is 122 cm³/mol. The third kappa shape index (κ3) is 4.27. The first kappa shape index (κ1) is 21.0. The number of aromatic nitrogens is 3. The minimum atomic E-state index is -0.672. The molecule has 0 atom stereocenters. The van der Waals surface area contributed by atoms with Crippen molar-refractivity contribution in [3.8, 4) is 29.0 Å². The van der Waals surface area contributed by atoms with Crippen LogP contribution in [0.1, 0.15) is 17.0 Å². The number of halogens is 3. The first-order chi connectivity index (χ1) is 16.0. The Labute approximate surface area is 197 Å². The summed E-state index contributed by atoms with van der Waals surface area (Å²) in [5.41, 5.74) is 2.29. The summed E-state index contributed by atoms with van der Waals surface area (Å²) in [6.07, 6.45) is 1.89. The van der Waals surface area contributed by atoms with Gasteiger partial charge in [-0.15, -0.1) is 10.2 Å². The number of nitrogens with zero attached hydrogens (tertiary/aromatic N) is 3. The van der Waals surface area contributed by atoms with Gasteiger partial charge in [0.2, 0.25) is 11.8 Å². The van der Waals surface area contributed by atoms with E-state index in [1.54, 1.807) is 0 Å². The second-order valence-electron chi connectivity index (χ2n) is 7.20. The Morgan fingerprint density at radius 3 is 2.79 bits per heavy atom. The van der Waals surface area contributed by atoms with Gasteiger partial charge >= 0.3 is 0 Å². The summed E-state index contributed by atoms with van der Waals surface area (Å²) in [7, 11) is 0. The Bertz CT molecular complexity index is 1540. The van der Waals surface area contributed by atoms with Crippen LogP contribution in [0, 0.1) is 17.1 Å². The Balaban J connectivity index is 1.42. The molecule has 0 aliphatic carbocycles. The van der Waals surface area contributed by atoms with Crippen molar-refractivity contribution < 1.29 is 13.5 Å². The summed E-state index contributed by atoms with van der Waals surface area (Å²) in [5.74, 6) is -0.0903. The lowest BCUT2D eigenvalue weighted by molar-refractivity contribution is 0.437. The molecule has 0 aliphatic heterocycles. The van der Waals surface area contributed by atoms with Gasteiger partial charge in [-0.25, -0.2) is 4.39 Å². The molecular formula is C24H13Cl2FN4O2. The lowest BCUT2D eigenvalue weighted by Gasteiger charge is -2.11. The molecule has 0 radical (unpaired) electrons. The van der Waals surface area contributed by atoms with E-state index in [1.807, 2.05) is 36.5 Å². The second-order valence-corrected chi connectivity index (χ2v) is 8.04. The van der Waals surface area contributed by atoms with E-state index < -0.39 is 5.82 Å². The molecule has 0 bridgehead atoms. The number of rotatable bonds is 5. The third-order valence-corrected chi connectivity index (χ3v) is 5.47. The van der Waals surface area contributed by atoms with Crippen molar-refractivity contribution >= 4 is 34.1 Å². The van der Waals surface area contributed by atoms with E-state index in [0.717, 1.165) is 16.5 Å². The van der Waals surface area contributed by atoms with Crippen LogP contribution >= 0.6 is 23.2 Å². The van der Waals surface area contributed by atoms with E-state index in [9.17, 15) is 0 Å². The number of ether oxygens (including phenoxy) is 1. The number of fused-ring (bicyclic) bond motifs is 1. The first-order valence-corrected chi connectivity index (χ1v) is 10.5. The highest BCUT2D eigenvalue weighted by Crippen LogP contribution is 2.36. The normalized spacial score (nSPS) is 11.0. The molecule has 0 amide bonds. The van der Waals surface area contributed by atoms with Crippen molar-refractivity contribution in [3.63, 3.8) is 0 Å². The van der Waals surface area contributed by atoms with Crippen LogP contribution in [0.4, 0.5) is 4.39 Å². The Kier molecular flexibility index (Phi) is 5.47. The molecule has 6 nitrogen and oxygen atoms in total. The first-order valence-electron chi connectivity index (χ1n) is 9.75. The van der Waals surface area contributed by atoms with Crippen LogP contribution in [0.2, 0.25) is 10.0 Å². The van der Waals surface area contributed by atoms with Gasteiger partial charge in [0.25, 0.3) is 0 Å². The molecule has 33 heavy (non-hydrogen) atoms. The number of hydrogen-bond acceptors (Lipinski definition) is 5. The highest BCUT2D eigenvalue weighted by molar-refractivity contribution is 6.32. The number of benzene rings is 3. The monoisotopic (exact) mass is 478 g/mol. The molecule has 5 rings (SSSR count). The minimum absolute atomic E-state index is 0.0394. The maximum Gasteiger partial charge on any atom is 0.247 e. The molecule has 2 aromatic heterocycles. The van der Waals surface area contributed by atoms with E-state index in [-0.39, 0.29) is 45.0 Å². The quantitative estimate of drug-likeness (QED) is 0.296. The number of nitrogens with one attached hydrogen (secondary N) is 1. The number of aromatic amines is 1. The lowest BCUT2D eigenvalue weighted by atomic mass is 10.1. The molecule has 5 aromatic rings. The lowest BCUT2D eigenvalue weighted by Crippen LogP contribution is -1.98. The van der Waals surface area contributed by atoms with Gasteiger partial charge in [0.15, 0.2) is 11.6 Å². The van der Waals surface area contributed by atoms with Crippen molar-refractivity contribution in [1.82, 2.24) is 15.2 Å². The smallest absolute Gasteiger partial charge is 0.247 e. The summed E-state index contributed by atoms with van der Waals surface area (Å²) >= 11 is 12.2. The van der Waals surface area contributed by atoms with Gasteiger partial charge < -0.3 is 14.1 Å². The molecule has 0 spiro atoms. The van der Waals surface area contributed by atoms with Crippen molar-refractivity contribution in [3.05, 3.63) is 93.7 Å². The molecule has 9 heteroatoms. The molecule has 0 saturated carbocycles. The van der Waals surface area contributed by atoms with Crippen LogP contribution in [0.3, 0.4) is 0 Å². The van der Waals surface area contributed by atoms with Gasteiger partial charge in [0.1, 0.15) is 5.75 Å². The molecule has 2 heterocycles. The van der Waals surface area contributed by atoms with Gasteiger partial charge in [-0.3, -0.25) is 0 Å². The Morgan fingerprint density at radius 2 is 1.94 bits per heavy atom. The van der Waals surface area contributed by atoms with E-state index in [0.29, 0.717) is 5.89 Å². The second kappa shape index (κ2) is 8.58. The zero-order valence-electron chi connectivity index (χ0n) is 16.8. The fourth-order valence-corrected chi connectivity index (χ4v) is 3.81. The van der Waals surface area contributed by atoms with E-state index in [2.05, 4.69) is 15.2 Å². The molecule has 1 N–H and O–H groups in total. The Morgan fingerprint density at radius 1 is 1.06 bits per heavy atom. The van der Waals surface area contributed by atoms with Crippen molar-refractivity contribution in [2.75, 3.05) is 0 Å². The topological polar surface area (TPSA) is 87.7 Å². The summed E-state index contributed by atoms with van der Waals surface area (Å²) in [4.78, 5) is 3.12. The summed E-state index contributed by atoms with van der Waals surface area (Å²) < 4.78 is 26.7. The third-order valence-electron chi connectivity index (χ3n) is 4.96.